The number of unbranched alkanes of at least 4 members (excludes halogenated alkanes) is 1. The molecule has 2 rings (SSSR count). The minimum atomic E-state index is 0.551. The first kappa shape index (κ1) is 13.8. The van der Waals surface area contributed by atoms with E-state index in [4.69, 9.17) is 11.6 Å². The highest BCUT2D eigenvalue weighted by atomic mass is 35.5. The van der Waals surface area contributed by atoms with E-state index in [2.05, 4.69) is 29.8 Å². The van der Waals surface area contributed by atoms with Gasteiger partial charge in [0, 0.05) is 11.7 Å². The van der Waals surface area contributed by atoms with Crippen LogP contribution in [-0.4, -0.2) is 23.0 Å². The lowest BCUT2D eigenvalue weighted by molar-refractivity contribution is 0.146. The van der Waals surface area contributed by atoms with E-state index in [9.17, 15) is 0 Å². The van der Waals surface area contributed by atoms with Crippen molar-refractivity contribution in [2.24, 2.45) is 0 Å². The van der Waals surface area contributed by atoms with Crippen LogP contribution in [0.4, 0.5) is 0 Å². The zero-order chi connectivity index (χ0) is 13.0. The van der Waals surface area contributed by atoms with Gasteiger partial charge in [-0.3, -0.25) is 4.90 Å². The number of halogens is 1. The molecule has 1 aromatic heterocycles. The number of aryl methyl sites for hydroxylation is 1. The smallest absolute Gasteiger partial charge is 0.129 e. The molecule has 1 aliphatic heterocycles. The summed E-state index contributed by atoms with van der Waals surface area (Å²) in [5, 5.41) is 0.604. The van der Waals surface area contributed by atoms with Crippen LogP contribution in [0.5, 0.6) is 0 Å². The number of hydrogen-bond donors (Lipinski definition) is 0. The van der Waals surface area contributed by atoms with Gasteiger partial charge < -0.3 is 0 Å². The maximum absolute atomic E-state index is 5.95. The van der Waals surface area contributed by atoms with Gasteiger partial charge in [0.05, 0.1) is 0 Å². The zero-order valence-electron chi connectivity index (χ0n) is 11.5. The Labute approximate surface area is 115 Å². The van der Waals surface area contributed by atoms with Crippen LogP contribution in [0, 0.1) is 6.92 Å². The van der Waals surface area contributed by atoms with Gasteiger partial charge in [-0.2, -0.15) is 0 Å². The van der Waals surface area contributed by atoms with Crippen LogP contribution in [0.1, 0.15) is 56.3 Å². The van der Waals surface area contributed by atoms with Gasteiger partial charge in [0.1, 0.15) is 5.15 Å². The predicted molar refractivity (Wildman–Crippen MR) is 77.1 cm³/mol. The Morgan fingerprint density at radius 1 is 1.39 bits per heavy atom. The van der Waals surface area contributed by atoms with E-state index >= 15 is 0 Å². The number of likely N-dealkylation sites (tertiary alicyclic amines) is 1. The summed E-state index contributed by atoms with van der Waals surface area (Å²) in [5.41, 5.74) is 2.46. The molecule has 1 fully saturated rings. The molecule has 1 saturated heterocycles. The first-order valence-corrected chi connectivity index (χ1v) is 7.47. The van der Waals surface area contributed by atoms with Crippen molar-refractivity contribution >= 4 is 11.6 Å². The third-order valence-electron chi connectivity index (χ3n) is 3.86. The quantitative estimate of drug-likeness (QED) is 0.753. The average molecular weight is 267 g/mol. The zero-order valence-corrected chi connectivity index (χ0v) is 12.2. The normalized spacial score (nSPS) is 21.2. The van der Waals surface area contributed by atoms with Crippen molar-refractivity contribution in [3.63, 3.8) is 0 Å². The van der Waals surface area contributed by atoms with Crippen LogP contribution < -0.4 is 0 Å². The Balaban J connectivity index is 2.16. The standard InChI is InChI=1S/C15H23ClN2/c1-3-4-10-18-11-6-5-7-14(18)13-8-9-15(16)17-12(13)2/h8-9,14H,3-7,10-11H2,1-2H3. The number of rotatable bonds is 4. The fraction of sp³-hybridized carbons (Fsp3) is 0.667. The van der Waals surface area contributed by atoms with E-state index in [1.165, 1.54) is 50.8 Å². The summed E-state index contributed by atoms with van der Waals surface area (Å²) in [6.45, 7) is 6.78. The second kappa shape index (κ2) is 6.53. The Bertz CT molecular complexity index is 392. The summed E-state index contributed by atoms with van der Waals surface area (Å²) in [4.78, 5) is 7.03. The molecule has 2 nitrogen and oxygen atoms in total. The highest BCUT2D eigenvalue weighted by molar-refractivity contribution is 6.29. The van der Waals surface area contributed by atoms with Gasteiger partial charge in [-0.15, -0.1) is 0 Å². The van der Waals surface area contributed by atoms with Crippen molar-refractivity contribution in [2.45, 2.75) is 52.0 Å². The molecule has 3 heteroatoms. The number of pyridine rings is 1. The maximum Gasteiger partial charge on any atom is 0.129 e. The van der Waals surface area contributed by atoms with Crippen LogP contribution >= 0.6 is 11.6 Å². The minimum Gasteiger partial charge on any atom is -0.296 e. The minimum absolute atomic E-state index is 0.551. The Morgan fingerprint density at radius 2 is 2.22 bits per heavy atom. The van der Waals surface area contributed by atoms with Crippen LogP contribution in [0.15, 0.2) is 12.1 Å². The predicted octanol–water partition coefficient (Wildman–Crippen LogP) is 4.37. The van der Waals surface area contributed by atoms with E-state index in [0.717, 1.165) is 5.69 Å². The SMILES string of the molecule is CCCCN1CCCCC1c1ccc(Cl)nc1C. The van der Waals surface area contributed by atoms with E-state index in [1.807, 2.05) is 6.07 Å². The van der Waals surface area contributed by atoms with Gasteiger partial charge in [-0.1, -0.05) is 37.4 Å². The van der Waals surface area contributed by atoms with E-state index in [0.29, 0.717) is 11.2 Å². The maximum atomic E-state index is 5.95. The molecule has 0 saturated carbocycles. The lowest BCUT2D eigenvalue weighted by atomic mass is 9.94. The van der Waals surface area contributed by atoms with Crippen LogP contribution in [-0.2, 0) is 0 Å². The van der Waals surface area contributed by atoms with Gasteiger partial charge >= 0.3 is 0 Å². The topological polar surface area (TPSA) is 16.1 Å². The summed E-state index contributed by atoms with van der Waals surface area (Å²) < 4.78 is 0. The first-order chi connectivity index (χ1) is 8.72. The molecule has 1 unspecified atom stereocenters. The second-order valence-electron chi connectivity index (χ2n) is 5.21. The van der Waals surface area contributed by atoms with Crippen molar-refractivity contribution in [2.75, 3.05) is 13.1 Å². The number of piperidine rings is 1. The monoisotopic (exact) mass is 266 g/mol. The highest BCUT2D eigenvalue weighted by Crippen LogP contribution is 2.32. The number of aromatic nitrogens is 1. The van der Waals surface area contributed by atoms with Crippen molar-refractivity contribution in [1.82, 2.24) is 9.88 Å². The molecule has 100 valence electrons. The molecule has 1 aromatic rings. The fourth-order valence-electron chi connectivity index (χ4n) is 2.87. The van der Waals surface area contributed by atoms with Crippen molar-refractivity contribution < 1.29 is 0 Å². The third kappa shape index (κ3) is 3.24. The molecular formula is C15H23ClN2. The van der Waals surface area contributed by atoms with E-state index < -0.39 is 0 Å². The summed E-state index contributed by atoms with van der Waals surface area (Å²) in [6.07, 6.45) is 6.47. The second-order valence-corrected chi connectivity index (χ2v) is 5.60. The molecule has 0 aromatic carbocycles. The lowest BCUT2D eigenvalue weighted by Crippen LogP contribution is -2.34. The van der Waals surface area contributed by atoms with Crippen LogP contribution in [0.2, 0.25) is 5.15 Å². The van der Waals surface area contributed by atoms with Gasteiger partial charge in [0.15, 0.2) is 0 Å². The summed E-state index contributed by atoms with van der Waals surface area (Å²) in [5.74, 6) is 0. The third-order valence-corrected chi connectivity index (χ3v) is 4.07. The molecule has 0 radical (unpaired) electrons. The molecule has 2 heterocycles. The van der Waals surface area contributed by atoms with Crippen molar-refractivity contribution in [3.05, 3.63) is 28.5 Å². The summed E-state index contributed by atoms with van der Waals surface area (Å²) in [7, 11) is 0. The number of hydrogen-bond acceptors (Lipinski definition) is 2. The van der Waals surface area contributed by atoms with Gasteiger partial charge in [-0.25, -0.2) is 4.98 Å². The molecule has 18 heavy (non-hydrogen) atoms. The van der Waals surface area contributed by atoms with E-state index in [-0.39, 0.29) is 0 Å². The largest absolute Gasteiger partial charge is 0.296 e. The molecule has 0 amide bonds. The van der Waals surface area contributed by atoms with Crippen LogP contribution in [0.25, 0.3) is 0 Å². The lowest BCUT2D eigenvalue weighted by Gasteiger charge is -2.36. The molecule has 0 spiro atoms. The molecular weight excluding hydrogens is 244 g/mol. The Kier molecular flexibility index (Phi) is 5.02. The fourth-order valence-corrected chi connectivity index (χ4v) is 3.06. The van der Waals surface area contributed by atoms with Crippen LogP contribution in [0.3, 0.4) is 0 Å². The molecule has 0 bridgehead atoms. The van der Waals surface area contributed by atoms with Gasteiger partial charge in [0.25, 0.3) is 0 Å². The first-order valence-electron chi connectivity index (χ1n) is 7.09. The Hall–Kier alpha value is -0.600. The highest BCUT2D eigenvalue weighted by Gasteiger charge is 2.24. The average Bonchev–Trinajstić information content (AvgIpc) is 2.37. The van der Waals surface area contributed by atoms with Gasteiger partial charge in [-0.05, 0) is 50.9 Å². The van der Waals surface area contributed by atoms with E-state index in [1.54, 1.807) is 0 Å². The Morgan fingerprint density at radius 3 is 2.94 bits per heavy atom. The molecule has 0 aliphatic carbocycles. The summed E-state index contributed by atoms with van der Waals surface area (Å²) >= 11 is 5.95. The molecule has 1 atom stereocenters. The van der Waals surface area contributed by atoms with Crippen molar-refractivity contribution in [1.29, 1.82) is 0 Å². The molecule has 0 N–H and O–H groups in total. The molecule has 1 aliphatic rings. The number of nitrogens with zero attached hydrogens (tertiary/aromatic N) is 2. The van der Waals surface area contributed by atoms with Gasteiger partial charge in [0.2, 0.25) is 0 Å². The summed E-state index contributed by atoms with van der Waals surface area (Å²) in [6, 6.07) is 4.64. The van der Waals surface area contributed by atoms with Crippen molar-refractivity contribution in [3.8, 4) is 0 Å².